The van der Waals surface area contributed by atoms with Gasteiger partial charge in [-0.2, -0.15) is 22.5 Å². The Morgan fingerprint density at radius 1 is 0.341 bits per heavy atom. The second kappa shape index (κ2) is 44.3. The molecule has 1 saturated carbocycles. The first-order valence-corrected chi connectivity index (χ1v) is 42.2. The van der Waals surface area contributed by atoms with E-state index in [-0.39, 0.29) is 107 Å². The fourth-order valence-corrected chi connectivity index (χ4v) is 14.8. The Bertz CT molecular complexity index is 5710. The molecule has 0 radical (unpaired) electrons. The number of Topliss-reactive ketones (excluding diaryl/α,β-unsaturated/α-hetero) is 4. The molecule has 4 aromatic heterocycles. The number of hydrogen-bond acceptors (Lipinski definition) is 12. The Morgan fingerprint density at radius 3 is 0.992 bits per heavy atom. The van der Waals surface area contributed by atoms with Crippen LogP contribution in [0.25, 0.3) is 44.5 Å². The van der Waals surface area contributed by atoms with E-state index in [1.807, 2.05) is 83.3 Å². The van der Waals surface area contributed by atoms with Crippen molar-refractivity contribution in [3.8, 4) is 44.5 Å². The van der Waals surface area contributed by atoms with Crippen molar-refractivity contribution in [1.82, 2.24) is 19.9 Å². The van der Waals surface area contributed by atoms with Crippen LogP contribution in [-0.4, -0.2) is 93.5 Å². The third-order valence-corrected chi connectivity index (χ3v) is 22.7. The van der Waals surface area contributed by atoms with Crippen LogP contribution in [0.4, 0.5) is 57.9 Å². The van der Waals surface area contributed by atoms with Gasteiger partial charge in [0.05, 0.1) is 22.7 Å². The Morgan fingerprint density at radius 2 is 0.667 bits per heavy atom. The van der Waals surface area contributed by atoms with Gasteiger partial charge in [-0.25, -0.2) is 27.5 Å². The van der Waals surface area contributed by atoms with Crippen LogP contribution >= 0.6 is 0 Å². The van der Waals surface area contributed by atoms with Gasteiger partial charge >= 0.3 is 0 Å². The lowest BCUT2D eigenvalue weighted by atomic mass is 9.98. The molecule has 23 heteroatoms. The summed E-state index contributed by atoms with van der Waals surface area (Å²) in [6, 6.07) is 60.1. The van der Waals surface area contributed by atoms with E-state index in [1.165, 1.54) is 58.3 Å². The number of aryl methyl sites for hydroxylation is 7. The molecule has 0 aliphatic heterocycles. The summed E-state index contributed by atoms with van der Waals surface area (Å²) in [4.78, 5) is 107. The van der Waals surface area contributed by atoms with Crippen molar-refractivity contribution in [3.05, 3.63) is 333 Å². The van der Waals surface area contributed by atoms with Crippen molar-refractivity contribution in [2.24, 2.45) is 0 Å². The molecule has 1 aliphatic carbocycles. The summed E-state index contributed by atoms with van der Waals surface area (Å²) in [6.45, 7) is 17.4. The quantitative estimate of drug-likeness (QED) is 0.0228. The van der Waals surface area contributed by atoms with Crippen molar-refractivity contribution < 1.29 is 68.7 Å². The van der Waals surface area contributed by atoms with E-state index in [1.54, 1.807) is 161 Å². The Kier molecular flexibility index (Phi) is 33.4. The number of ketones is 4. The van der Waals surface area contributed by atoms with Gasteiger partial charge in [-0.15, -0.1) is 0 Å². The van der Waals surface area contributed by atoms with Crippen LogP contribution in [0.1, 0.15) is 187 Å². The average Bonchev–Trinajstić information content (AvgIpc) is 1.64. The van der Waals surface area contributed by atoms with E-state index >= 15 is 0 Å². The van der Waals surface area contributed by atoms with Gasteiger partial charge in [0.15, 0.2) is 23.1 Å². The second-order valence-electron chi connectivity index (χ2n) is 30.7. The zero-order valence-corrected chi connectivity index (χ0v) is 72.6. The van der Waals surface area contributed by atoms with Crippen molar-refractivity contribution in [1.29, 1.82) is 0 Å². The summed E-state index contributed by atoms with van der Waals surface area (Å²) < 4.78 is 112. The molecule has 0 unspecified atom stereocenters. The topological polar surface area (TPSA) is 184 Å². The third-order valence-electron chi connectivity index (χ3n) is 22.7. The maximum atomic E-state index is 14.9. The van der Waals surface area contributed by atoms with Gasteiger partial charge in [-0.05, 0) is 214 Å². The molecule has 4 heterocycles. The van der Waals surface area contributed by atoms with Gasteiger partial charge in [-0.1, -0.05) is 167 Å². The maximum absolute atomic E-state index is 14.9. The number of benzene rings is 8. The summed E-state index contributed by atoms with van der Waals surface area (Å²) in [6.07, 6.45) is 8.00. The number of halogens is 8. The normalized spacial score (nSPS) is 11.6. The number of nitrogens with zero attached hydrogens (tertiary/aromatic N) is 8. The molecule has 0 N–H and O–H groups in total. The highest BCUT2D eigenvalue weighted by Gasteiger charge is 2.45. The highest BCUT2D eigenvalue weighted by molar-refractivity contribution is 6.00. The smallest absolute Gasteiger partial charge is 0.226 e. The highest BCUT2D eigenvalue weighted by atomic mass is 19.2. The molecule has 652 valence electrons. The first-order valence-electron chi connectivity index (χ1n) is 42.2. The van der Waals surface area contributed by atoms with Gasteiger partial charge in [0, 0.05) is 134 Å². The molecule has 1 aliphatic rings. The molecule has 12 aromatic rings. The fraction of sp³-hybridized carbons (Fsp3) is 0.272. The Labute approximate surface area is 730 Å². The van der Waals surface area contributed by atoms with E-state index in [4.69, 9.17) is 0 Å². The minimum atomic E-state index is -0.917. The predicted octanol–water partition coefficient (Wildman–Crippen LogP) is 23.6. The number of pyridine rings is 4. The van der Waals surface area contributed by atoms with Gasteiger partial charge in [0.1, 0.15) is 23.3 Å². The molecular weight excluding hydrogens is 1610 g/mol. The van der Waals surface area contributed by atoms with E-state index in [0.717, 1.165) is 70.1 Å². The molecule has 0 atom stereocenters. The lowest BCUT2D eigenvalue weighted by Crippen LogP contribution is -2.33. The summed E-state index contributed by atoms with van der Waals surface area (Å²) >= 11 is 0. The lowest BCUT2D eigenvalue weighted by Gasteiger charge is -2.29. The Hall–Kier alpha value is -13.3. The zero-order chi connectivity index (χ0) is 91.1. The van der Waals surface area contributed by atoms with Crippen LogP contribution < -0.4 is 19.6 Å². The van der Waals surface area contributed by atoms with E-state index < -0.39 is 41.2 Å². The molecule has 8 aromatic carbocycles. The van der Waals surface area contributed by atoms with Crippen molar-refractivity contribution in [2.75, 3.05) is 46.8 Å². The zero-order valence-electron chi connectivity index (χ0n) is 72.6. The molecule has 3 amide bonds. The van der Waals surface area contributed by atoms with Crippen molar-refractivity contribution in [2.45, 2.75) is 158 Å². The minimum Gasteiger partial charge on any atom is -0.367 e. The van der Waals surface area contributed by atoms with Crippen LogP contribution in [-0.2, 0) is 40.1 Å². The van der Waals surface area contributed by atoms with Crippen LogP contribution in [0, 0.1) is 67.8 Å². The number of rotatable bonds is 31. The molecular formula is C103H102F8N8O7. The van der Waals surface area contributed by atoms with Crippen molar-refractivity contribution >= 4 is 63.6 Å². The molecule has 1 fully saturated rings. The number of carbonyl (C=O) groups excluding carboxylic acids is 7. The maximum Gasteiger partial charge on any atom is 0.226 e. The van der Waals surface area contributed by atoms with Gasteiger partial charge in [0.25, 0.3) is 0 Å². The predicted molar refractivity (Wildman–Crippen MR) is 480 cm³/mol. The standard InChI is InChI=1S/C27H29FN2O2.C26H26F2N2O2.C26H26F2N2O.C24H21F3N2O2/c1-5-27(32)30(6-2)25-15-13-23(17-24(25)28)21-9-11-22(12-10-21)26(31)16-14-20-8-7-18(3)29-19(20)4;1-4-26(32)30(5-2)23-13-10-21(16-22(23)27)19-6-8-20(9-7-19)24(31)14-11-18-12-15-25(28)29-17(18)3;1-3-26(14-15-26)30(2)23-12-10-21(17-22(23)27)18-6-8-19(9-7-18)24(31)13-11-20-5-4-16-29-25(20)28;1-3-23(31)29(2)20-11-8-18(14-19(20)25)15-4-6-16(7-5-15)21(30)12-9-17-10-13-22(26)28-24(17)27/h7-13,15,17H,5-6,14,16H2,1-4H3;6-10,12-13,15-16H,4-5,11,14H2,1-3H3;4-10,12,16-17H,3,11,13-15H2,1-2H3;4-8,10-11,13-14H,3,9,12H2,1-2H3. The Balaban J connectivity index is 0.000000175. The van der Waals surface area contributed by atoms with Crippen LogP contribution in [0.2, 0.25) is 0 Å². The lowest BCUT2D eigenvalue weighted by molar-refractivity contribution is -0.119. The molecule has 0 spiro atoms. The molecule has 0 saturated heterocycles. The van der Waals surface area contributed by atoms with Gasteiger partial charge in [0.2, 0.25) is 41.5 Å². The monoisotopic (exact) mass is 1710 g/mol. The molecule has 15 nitrogen and oxygen atoms in total. The number of aromatic nitrogens is 4. The minimum absolute atomic E-state index is 0.0292. The SMILES string of the molecule is CCC(=O)N(C)c1ccc(-c2ccc(C(=O)CCc3ccc(F)nc3F)cc2)cc1F.CCC(=O)N(CC)c1ccc(-c2ccc(C(=O)CCc3ccc(C)nc3C)cc2)cc1F.CCC(=O)N(CC)c1ccc(-c2ccc(C(=O)CCc3ccc(F)nc3C)cc2)cc1F.CCC1(N(C)c2ccc(-c3ccc(C(=O)CCc4cccnc4F)cc3)cc2F)CC1. The summed E-state index contributed by atoms with van der Waals surface area (Å²) in [5.74, 6) is -5.20. The summed E-state index contributed by atoms with van der Waals surface area (Å²) in [5.41, 5.74) is 14.6. The van der Waals surface area contributed by atoms with Gasteiger partial charge < -0.3 is 19.6 Å². The number of hydrogen-bond donors (Lipinski definition) is 0. The first-order chi connectivity index (χ1) is 60.4. The van der Waals surface area contributed by atoms with Crippen LogP contribution in [0.15, 0.2) is 225 Å². The van der Waals surface area contributed by atoms with Crippen molar-refractivity contribution in [3.63, 3.8) is 0 Å². The van der Waals surface area contributed by atoms with E-state index in [9.17, 15) is 68.7 Å². The summed E-state index contributed by atoms with van der Waals surface area (Å²) in [7, 11) is 3.49. The number of amides is 3. The molecule has 126 heavy (non-hydrogen) atoms. The molecule has 0 bridgehead atoms. The van der Waals surface area contributed by atoms with Gasteiger partial charge in [-0.3, -0.25) is 38.5 Å². The van der Waals surface area contributed by atoms with E-state index in [0.29, 0.717) is 113 Å². The molecule has 13 rings (SSSR count). The largest absolute Gasteiger partial charge is 0.367 e. The van der Waals surface area contributed by atoms with Crippen LogP contribution in [0.5, 0.6) is 0 Å². The average molecular weight is 1720 g/mol. The highest BCUT2D eigenvalue weighted by Crippen LogP contribution is 2.47. The number of carbonyl (C=O) groups is 7. The van der Waals surface area contributed by atoms with Crippen LogP contribution in [0.3, 0.4) is 0 Å². The first kappa shape index (κ1) is 94.9. The second-order valence-corrected chi connectivity index (χ2v) is 30.7. The third kappa shape index (κ3) is 24.6. The summed E-state index contributed by atoms with van der Waals surface area (Å²) in [5, 5.41) is 0. The van der Waals surface area contributed by atoms with E-state index in [2.05, 4.69) is 31.8 Å². The number of anilines is 4. The fourth-order valence-electron chi connectivity index (χ4n) is 14.8.